The zero-order valence-corrected chi connectivity index (χ0v) is 13.7. The highest BCUT2D eigenvalue weighted by Crippen LogP contribution is 2.49. The van der Waals surface area contributed by atoms with Gasteiger partial charge in [0.05, 0.1) is 11.6 Å². The van der Waals surface area contributed by atoms with E-state index in [1.54, 1.807) is 6.07 Å². The molecule has 0 saturated heterocycles. The summed E-state index contributed by atoms with van der Waals surface area (Å²) in [6.45, 7) is 2.17. The predicted octanol–water partition coefficient (Wildman–Crippen LogP) is 4.77. The van der Waals surface area contributed by atoms with E-state index in [4.69, 9.17) is 0 Å². The molecule has 0 spiro atoms. The van der Waals surface area contributed by atoms with E-state index >= 15 is 0 Å². The van der Waals surface area contributed by atoms with Crippen LogP contribution in [0.2, 0.25) is 0 Å². The third-order valence-corrected chi connectivity index (χ3v) is 5.36. The summed E-state index contributed by atoms with van der Waals surface area (Å²) < 4.78 is 0. The van der Waals surface area contributed by atoms with Gasteiger partial charge in [-0.1, -0.05) is 43.3 Å². The summed E-state index contributed by atoms with van der Waals surface area (Å²) in [6, 6.07) is 14.5. The highest BCUT2D eigenvalue weighted by atomic mass is 16.4. The Morgan fingerprint density at radius 3 is 2.71 bits per heavy atom. The van der Waals surface area contributed by atoms with Crippen LogP contribution < -0.4 is 5.32 Å². The van der Waals surface area contributed by atoms with Crippen molar-refractivity contribution in [1.82, 2.24) is 0 Å². The lowest BCUT2D eigenvalue weighted by atomic mass is 9.76. The number of benzene rings is 2. The standard InChI is InChI=1S/C21H21NO2/c1-2-13-6-8-14(9-7-13)20-17-5-3-4-16(17)18-12-15(21(23)24)10-11-19(18)22-20/h3-4,6-12,16-17,20,22H,2,5H2,1H3,(H,23,24)/t16-,17+,20+/m0/s1. The maximum absolute atomic E-state index is 11.3. The number of aromatic carboxylic acids is 1. The number of anilines is 1. The monoisotopic (exact) mass is 319 g/mol. The van der Waals surface area contributed by atoms with Gasteiger partial charge >= 0.3 is 5.97 Å². The van der Waals surface area contributed by atoms with Crippen LogP contribution in [0.4, 0.5) is 5.69 Å². The lowest BCUT2D eigenvalue weighted by molar-refractivity contribution is 0.0696. The van der Waals surface area contributed by atoms with Crippen molar-refractivity contribution in [2.75, 3.05) is 5.32 Å². The minimum absolute atomic E-state index is 0.263. The van der Waals surface area contributed by atoms with Crippen LogP contribution >= 0.6 is 0 Å². The van der Waals surface area contributed by atoms with E-state index in [9.17, 15) is 9.90 Å². The smallest absolute Gasteiger partial charge is 0.335 e. The van der Waals surface area contributed by atoms with Crippen LogP contribution in [0.5, 0.6) is 0 Å². The minimum Gasteiger partial charge on any atom is -0.478 e. The molecule has 2 aromatic rings. The van der Waals surface area contributed by atoms with Crippen LogP contribution in [0, 0.1) is 5.92 Å². The topological polar surface area (TPSA) is 49.3 Å². The van der Waals surface area contributed by atoms with Crippen LogP contribution in [0.15, 0.2) is 54.6 Å². The molecule has 0 bridgehead atoms. The van der Waals surface area contributed by atoms with Gasteiger partial charge in [0, 0.05) is 11.6 Å². The molecule has 1 aliphatic carbocycles. The zero-order valence-electron chi connectivity index (χ0n) is 13.7. The molecule has 0 aromatic heterocycles. The molecule has 0 amide bonds. The van der Waals surface area contributed by atoms with E-state index in [0.717, 1.165) is 24.1 Å². The van der Waals surface area contributed by atoms with E-state index < -0.39 is 5.97 Å². The predicted molar refractivity (Wildman–Crippen MR) is 95.6 cm³/mol. The molecule has 1 aliphatic heterocycles. The normalized spacial score (nSPS) is 24.1. The highest BCUT2D eigenvalue weighted by molar-refractivity contribution is 5.89. The summed E-state index contributed by atoms with van der Waals surface area (Å²) in [5, 5.41) is 12.9. The molecule has 0 unspecified atom stereocenters. The summed E-state index contributed by atoms with van der Waals surface area (Å²) in [5.41, 5.74) is 5.17. The van der Waals surface area contributed by atoms with Crippen molar-refractivity contribution in [3.63, 3.8) is 0 Å². The Morgan fingerprint density at radius 2 is 2.00 bits per heavy atom. The first-order chi connectivity index (χ1) is 11.7. The van der Waals surface area contributed by atoms with Crippen molar-refractivity contribution in [3.05, 3.63) is 76.9 Å². The van der Waals surface area contributed by atoms with Crippen molar-refractivity contribution >= 4 is 11.7 Å². The number of aryl methyl sites for hydroxylation is 1. The fourth-order valence-corrected chi connectivity index (χ4v) is 4.02. The molecule has 24 heavy (non-hydrogen) atoms. The molecular formula is C21H21NO2. The van der Waals surface area contributed by atoms with Crippen molar-refractivity contribution < 1.29 is 9.90 Å². The number of carboxylic acids is 1. The highest BCUT2D eigenvalue weighted by Gasteiger charge is 2.38. The van der Waals surface area contributed by atoms with Gasteiger partial charge in [-0.3, -0.25) is 0 Å². The maximum Gasteiger partial charge on any atom is 0.335 e. The molecule has 3 heteroatoms. The first-order valence-corrected chi connectivity index (χ1v) is 8.56. The van der Waals surface area contributed by atoms with Crippen molar-refractivity contribution in [1.29, 1.82) is 0 Å². The van der Waals surface area contributed by atoms with Crippen molar-refractivity contribution in [2.24, 2.45) is 5.92 Å². The van der Waals surface area contributed by atoms with Crippen LogP contribution in [-0.2, 0) is 6.42 Å². The minimum atomic E-state index is -0.867. The maximum atomic E-state index is 11.3. The van der Waals surface area contributed by atoms with Crippen LogP contribution in [-0.4, -0.2) is 11.1 Å². The average Bonchev–Trinajstić information content (AvgIpc) is 3.10. The number of carboxylic acid groups (broad SMARTS) is 1. The fraction of sp³-hybridized carbons (Fsp3) is 0.286. The summed E-state index contributed by atoms with van der Waals surface area (Å²) in [5.74, 6) is -0.140. The second kappa shape index (κ2) is 5.82. The fourth-order valence-electron chi connectivity index (χ4n) is 4.02. The van der Waals surface area contributed by atoms with Gasteiger partial charge in [0.15, 0.2) is 0 Å². The quantitative estimate of drug-likeness (QED) is 0.801. The summed E-state index contributed by atoms with van der Waals surface area (Å²) in [7, 11) is 0. The molecule has 2 N–H and O–H groups in total. The van der Waals surface area contributed by atoms with E-state index in [2.05, 4.69) is 48.7 Å². The number of hydrogen-bond donors (Lipinski definition) is 2. The second-order valence-corrected chi connectivity index (χ2v) is 6.68. The SMILES string of the molecule is CCc1ccc([C@H]2Nc3ccc(C(=O)O)cc3[C@H]3C=CC[C@H]32)cc1. The molecular weight excluding hydrogens is 298 g/mol. The Kier molecular flexibility index (Phi) is 3.64. The van der Waals surface area contributed by atoms with Crippen molar-refractivity contribution in [3.8, 4) is 0 Å². The largest absolute Gasteiger partial charge is 0.478 e. The third-order valence-electron chi connectivity index (χ3n) is 5.36. The molecule has 0 fully saturated rings. The van der Waals surface area contributed by atoms with Crippen LogP contribution in [0.25, 0.3) is 0 Å². The van der Waals surface area contributed by atoms with Gasteiger partial charge < -0.3 is 10.4 Å². The molecule has 122 valence electrons. The number of rotatable bonds is 3. The van der Waals surface area contributed by atoms with Gasteiger partial charge in [-0.05, 0) is 53.6 Å². The summed E-state index contributed by atoms with van der Waals surface area (Å²) in [4.78, 5) is 11.3. The second-order valence-electron chi connectivity index (χ2n) is 6.68. The van der Waals surface area contributed by atoms with Gasteiger partial charge in [0.25, 0.3) is 0 Å². The van der Waals surface area contributed by atoms with Crippen LogP contribution in [0.1, 0.15) is 52.4 Å². The Hall–Kier alpha value is -2.55. The number of fused-ring (bicyclic) bond motifs is 3. The number of carbonyl (C=O) groups is 1. The van der Waals surface area contributed by atoms with Gasteiger partial charge in [0.1, 0.15) is 0 Å². The summed E-state index contributed by atoms with van der Waals surface area (Å²) >= 11 is 0. The summed E-state index contributed by atoms with van der Waals surface area (Å²) in [6.07, 6.45) is 6.54. The first-order valence-electron chi connectivity index (χ1n) is 8.56. The lowest BCUT2D eigenvalue weighted by Crippen LogP contribution is -2.29. The number of nitrogens with one attached hydrogen (secondary N) is 1. The average molecular weight is 319 g/mol. The van der Waals surface area contributed by atoms with Gasteiger partial charge in [-0.15, -0.1) is 0 Å². The van der Waals surface area contributed by atoms with E-state index in [-0.39, 0.29) is 12.0 Å². The van der Waals surface area contributed by atoms with Crippen LogP contribution in [0.3, 0.4) is 0 Å². The van der Waals surface area contributed by atoms with E-state index in [1.807, 2.05) is 12.1 Å². The third kappa shape index (κ3) is 2.41. The molecule has 0 radical (unpaired) electrons. The Morgan fingerprint density at radius 1 is 1.21 bits per heavy atom. The molecule has 3 atom stereocenters. The Bertz CT molecular complexity index is 807. The van der Waals surface area contributed by atoms with Gasteiger partial charge in [-0.2, -0.15) is 0 Å². The molecule has 0 saturated carbocycles. The van der Waals surface area contributed by atoms with E-state index in [0.29, 0.717) is 11.5 Å². The lowest BCUT2D eigenvalue weighted by Gasteiger charge is -2.37. The number of allylic oxidation sites excluding steroid dienone is 2. The van der Waals surface area contributed by atoms with Gasteiger partial charge in [-0.25, -0.2) is 4.79 Å². The Labute approximate surface area is 142 Å². The molecule has 2 aliphatic rings. The van der Waals surface area contributed by atoms with E-state index in [1.165, 1.54) is 11.1 Å². The Balaban J connectivity index is 1.73. The number of hydrogen-bond acceptors (Lipinski definition) is 2. The van der Waals surface area contributed by atoms with Gasteiger partial charge in [0.2, 0.25) is 0 Å². The molecule has 4 rings (SSSR count). The van der Waals surface area contributed by atoms with Crippen molar-refractivity contribution in [2.45, 2.75) is 31.7 Å². The molecule has 1 heterocycles. The zero-order chi connectivity index (χ0) is 16.7. The first kappa shape index (κ1) is 15.0. The molecule has 3 nitrogen and oxygen atoms in total. The molecule has 2 aromatic carbocycles.